The van der Waals surface area contributed by atoms with Gasteiger partial charge in [-0.1, -0.05) is 6.07 Å². The highest BCUT2D eigenvalue weighted by Gasteiger charge is 2.58. The molecule has 5 rings (SSSR count). The van der Waals surface area contributed by atoms with Gasteiger partial charge in [-0.3, -0.25) is 4.90 Å². The fraction of sp³-hybridized carbons (Fsp3) is 0.444. The van der Waals surface area contributed by atoms with Crippen LogP contribution < -0.4 is 10.1 Å². The van der Waals surface area contributed by atoms with Crippen LogP contribution in [0.15, 0.2) is 36.5 Å². The number of benzene rings is 2. The first-order valence-corrected chi connectivity index (χ1v) is 11.5. The van der Waals surface area contributed by atoms with Crippen LogP contribution in [0, 0.1) is 12.3 Å². The first kappa shape index (κ1) is 18.2. The van der Waals surface area contributed by atoms with Gasteiger partial charge in [0.25, 0.3) is 0 Å². The van der Waals surface area contributed by atoms with Gasteiger partial charge in [-0.15, -0.1) is 0 Å². The van der Waals surface area contributed by atoms with Gasteiger partial charge in [0, 0.05) is 67.6 Å². The molecule has 3 aromatic rings. The molecule has 1 aromatic heterocycles. The number of ether oxygens (including phenoxy) is 1. The number of aryl methyl sites for hydroxylation is 1. The summed E-state index contributed by atoms with van der Waals surface area (Å²) >= 11 is 0. The lowest BCUT2D eigenvalue weighted by molar-refractivity contribution is -0.186. The molecule has 2 aliphatic rings. The van der Waals surface area contributed by atoms with Gasteiger partial charge >= 0.3 is 5.97 Å². The minimum absolute atomic E-state index is 0.00324. The molecule has 2 fully saturated rings. The van der Waals surface area contributed by atoms with E-state index in [1.54, 1.807) is 23.2 Å². The second kappa shape index (κ2) is 8.52. The van der Waals surface area contributed by atoms with Gasteiger partial charge in [-0.25, -0.2) is 13.6 Å². The second-order valence-corrected chi connectivity index (χ2v) is 9.75. The Morgan fingerprint density at radius 2 is 2.17 bits per heavy atom. The van der Waals surface area contributed by atoms with Crippen LogP contribution in [0.1, 0.15) is 65.6 Å². The van der Waals surface area contributed by atoms with E-state index in [9.17, 15) is 21.4 Å². The van der Waals surface area contributed by atoms with E-state index in [4.69, 9.17) is 8.85 Å². The number of H-pyrrole nitrogens is 1. The van der Waals surface area contributed by atoms with Crippen LogP contribution in [0.4, 0.5) is 14.5 Å². The van der Waals surface area contributed by atoms with Crippen LogP contribution in [0.3, 0.4) is 0 Å². The molecule has 1 aliphatic heterocycles. The standard InChI is InChI=1S/C27H31F2N3O3/c1-16-10-23(35-3)20(18-6-8-31-24(16)18)13-32-9-7-26(14-27(28,29)15-26)12-22(32)19-5-4-17(25(33)34)11-21(19)30-2/h4-6,8,10-11,22,30-31H,7,9,12-15H2,1-3H3,(H,33,34)/t22-/m1/s1/i2D3,13D2. The molecule has 1 aliphatic carbocycles. The molecule has 1 saturated carbocycles. The van der Waals surface area contributed by atoms with Crippen LogP contribution in [0.2, 0.25) is 0 Å². The quantitative estimate of drug-likeness (QED) is 0.398. The lowest BCUT2D eigenvalue weighted by atomic mass is 9.59. The minimum atomic E-state index is -2.81. The normalized spacial score (nSPS) is 24.0. The average Bonchev–Trinajstić information content (AvgIpc) is 3.31. The Hall–Kier alpha value is -3.13. The van der Waals surface area contributed by atoms with Crippen molar-refractivity contribution in [3.05, 3.63) is 58.8 Å². The Kier molecular flexibility index (Phi) is 4.42. The summed E-state index contributed by atoms with van der Waals surface area (Å²) in [6.45, 7) is -2.87. The highest BCUT2D eigenvalue weighted by molar-refractivity contribution is 5.89. The maximum Gasteiger partial charge on any atom is 0.335 e. The van der Waals surface area contributed by atoms with E-state index in [-0.39, 0.29) is 42.6 Å². The second-order valence-electron chi connectivity index (χ2n) is 9.75. The van der Waals surface area contributed by atoms with Gasteiger partial charge in [-0.2, -0.15) is 0 Å². The van der Waals surface area contributed by atoms with Crippen molar-refractivity contribution in [1.29, 1.82) is 0 Å². The van der Waals surface area contributed by atoms with Crippen molar-refractivity contribution in [3.63, 3.8) is 0 Å². The number of fused-ring (bicyclic) bond motifs is 1. The number of carboxylic acids is 1. The van der Waals surface area contributed by atoms with Crippen LogP contribution in [0.5, 0.6) is 5.75 Å². The van der Waals surface area contributed by atoms with Gasteiger partial charge in [-0.05, 0) is 67.1 Å². The summed E-state index contributed by atoms with van der Waals surface area (Å²) in [5.74, 6) is -3.74. The summed E-state index contributed by atoms with van der Waals surface area (Å²) in [5, 5.41) is 12.6. The van der Waals surface area contributed by atoms with E-state index in [1.807, 2.05) is 6.92 Å². The fourth-order valence-corrected chi connectivity index (χ4v) is 5.80. The molecule has 1 atom stereocenters. The number of aromatic carboxylic acids is 1. The van der Waals surface area contributed by atoms with Crippen LogP contribution in [-0.4, -0.2) is 47.5 Å². The van der Waals surface area contributed by atoms with Gasteiger partial charge in [0.15, 0.2) is 0 Å². The topological polar surface area (TPSA) is 77.6 Å². The highest BCUT2D eigenvalue weighted by Crippen LogP contribution is 2.61. The Morgan fingerprint density at radius 3 is 2.86 bits per heavy atom. The molecule has 0 radical (unpaired) electrons. The molecule has 6 nitrogen and oxygen atoms in total. The van der Waals surface area contributed by atoms with Gasteiger partial charge in [0.05, 0.1) is 12.7 Å². The van der Waals surface area contributed by atoms with E-state index >= 15 is 0 Å². The Bertz CT molecular complexity index is 1470. The number of hydrogen-bond donors (Lipinski definition) is 3. The monoisotopic (exact) mass is 488 g/mol. The number of nitrogens with zero attached hydrogens (tertiary/aromatic N) is 1. The summed E-state index contributed by atoms with van der Waals surface area (Å²) in [5.41, 5.74) is 1.29. The highest BCUT2D eigenvalue weighted by atomic mass is 19.3. The molecule has 0 unspecified atom stereocenters. The number of alkyl halides is 2. The molecule has 8 heteroatoms. The number of piperidine rings is 1. The first-order valence-electron chi connectivity index (χ1n) is 14.0. The summed E-state index contributed by atoms with van der Waals surface area (Å²) in [4.78, 5) is 16.4. The molecular formula is C27H31F2N3O3. The fourth-order valence-electron chi connectivity index (χ4n) is 5.80. The number of likely N-dealkylation sites (tertiary alicyclic amines) is 1. The summed E-state index contributed by atoms with van der Waals surface area (Å²) in [6.07, 6.45) is 1.52. The number of aromatic amines is 1. The van der Waals surface area contributed by atoms with Crippen LogP contribution >= 0.6 is 0 Å². The first-order chi connectivity index (χ1) is 18.6. The molecule has 0 amide bonds. The predicted molar refractivity (Wildman–Crippen MR) is 132 cm³/mol. The Labute approximate surface area is 210 Å². The molecule has 2 aromatic carbocycles. The Balaban J connectivity index is 1.67. The summed E-state index contributed by atoms with van der Waals surface area (Å²) in [7, 11) is 1.45. The number of hydrogen-bond acceptors (Lipinski definition) is 4. The Morgan fingerprint density at radius 1 is 1.37 bits per heavy atom. The molecule has 186 valence electrons. The van der Waals surface area contributed by atoms with E-state index < -0.39 is 36.8 Å². The molecular weight excluding hydrogens is 452 g/mol. The molecule has 35 heavy (non-hydrogen) atoms. The molecule has 1 spiro atoms. The maximum atomic E-state index is 14.2. The SMILES string of the molecule is [2H]C([2H])([2H])Nc1cc(C(=O)O)ccc1[C@H]1CC2(CCN1C([2H])([2H])c1c(OC)cc(C)c3[nH]ccc13)CC(F)(F)C2. The minimum Gasteiger partial charge on any atom is -0.496 e. The van der Waals surface area contributed by atoms with Gasteiger partial charge < -0.3 is 20.1 Å². The van der Waals surface area contributed by atoms with Crippen molar-refractivity contribution >= 4 is 22.6 Å². The van der Waals surface area contributed by atoms with Crippen molar-refractivity contribution < 1.29 is 30.3 Å². The summed E-state index contributed by atoms with van der Waals surface area (Å²) < 4.78 is 76.1. The molecule has 1 saturated heterocycles. The number of aromatic nitrogens is 1. The van der Waals surface area contributed by atoms with Crippen LogP contribution in [0.25, 0.3) is 10.9 Å². The number of halogens is 2. The number of carboxylic acid groups (broad SMARTS) is 1. The lowest BCUT2D eigenvalue weighted by Gasteiger charge is -2.55. The van der Waals surface area contributed by atoms with Crippen molar-refractivity contribution in [2.75, 3.05) is 25.9 Å². The number of rotatable bonds is 6. The van der Waals surface area contributed by atoms with Crippen molar-refractivity contribution in [2.45, 2.75) is 51.1 Å². The average molecular weight is 489 g/mol. The van der Waals surface area contributed by atoms with E-state index in [2.05, 4.69) is 10.3 Å². The third kappa shape index (κ3) is 4.14. The van der Waals surface area contributed by atoms with E-state index in [0.717, 1.165) is 11.1 Å². The third-order valence-corrected chi connectivity index (χ3v) is 7.43. The van der Waals surface area contributed by atoms with Crippen molar-refractivity contribution in [2.24, 2.45) is 5.41 Å². The molecule has 2 heterocycles. The zero-order valence-corrected chi connectivity index (χ0v) is 19.5. The van der Waals surface area contributed by atoms with Crippen molar-refractivity contribution in [1.82, 2.24) is 9.88 Å². The van der Waals surface area contributed by atoms with Gasteiger partial charge in [0.2, 0.25) is 5.92 Å². The lowest BCUT2D eigenvalue weighted by Crippen LogP contribution is -2.53. The largest absolute Gasteiger partial charge is 0.496 e. The van der Waals surface area contributed by atoms with Crippen LogP contribution in [-0.2, 0) is 6.50 Å². The zero-order chi connectivity index (χ0) is 29.3. The van der Waals surface area contributed by atoms with Gasteiger partial charge in [0.1, 0.15) is 5.75 Å². The molecule has 0 bridgehead atoms. The zero-order valence-electron chi connectivity index (χ0n) is 24.5. The smallest absolute Gasteiger partial charge is 0.335 e. The number of carbonyl (C=O) groups is 1. The van der Waals surface area contributed by atoms with E-state index in [0.29, 0.717) is 23.1 Å². The predicted octanol–water partition coefficient (Wildman–Crippen LogP) is 5.98. The molecule has 3 N–H and O–H groups in total. The third-order valence-electron chi connectivity index (χ3n) is 7.43. The van der Waals surface area contributed by atoms with E-state index in [1.165, 1.54) is 25.3 Å². The summed E-state index contributed by atoms with van der Waals surface area (Å²) in [6, 6.07) is 6.64. The van der Waals surface area contributed by atoms with Crippen molar-refractivity contribution in [3.8, 4) is 5.75 Å². The number of nitrogens with one attached hydrogen (secondary N) is 2. The maximum absolute atomic E-state index is 14.2. The number of methoxy groups -OCH3 is 1. The number of anilines is 1.